The topological polar surface area (TPSA) is 71.3 Å². The molecule has 1 aromatic rings. The first kappa shape index (κ1) is 17.9. The first-order valence-corrected chi connectivity index (χ1v) is 8.30. The van der Waals surface area contributed by atoms with E-state index in [4.69, 9.17) is 14.7 Å². The Balaban J connectivity index is 1.97. The molecule has 0 aromatic heterocycles. The maximum Gasteiger partial charge on any atom is 0.244 e. The van der Waals surface area contributed by atoms with E-state index in [1.807, 2.05) is 12.1 Å². The molecule has 0 spiro atoms. The van der Waals surface area contributed by atoms with Gasteiger partial charge in [0.05, 0.1) is 7.11 Å². The molecule has 2 unspecified atom stereocenters. The van der Waals surface area contributed by atoms with Crippen molar-refractivity contribution in [3.8, 4) is 17.6 Å². The monoisotopic (exact) mass is 328 g/mol. The zero-order valence-electron chi connectivity index (χ0n) is 14.2. The smallest absolute Gasteiger partial charge is 0.244 e. The predicted molar refractivity (Wildman–Crippen MR) is 92.7 cm³/mol. The van der Waals surface area contributed by atoms with Gasteiger partial charge in [0, 0.05) is 12.1 Å². The van der Waals surface area contributed by atoms with Gasteiger partial charge in [0.25, 0.3) is 0 Å². The van der Waals surface area contributed by atoms with E-state index in [1.165, 1.54) is 19.3 Å². The van der Waals surface area contributed by atoms with Gasteiger partial charge in [-0.2, -0.15) is 5.26 Å². The van der Waals surface area contributed by atoms with Crippen molar-refractivity contribution in [3.63, 3.8) is 0 Å². The van der Waals surface area contributed by atoms with Crippen molar-refractivity contribution in [1.29, 1.82) is 5.26 Å². The minimum absolute atomic E-state index is 0.0342. The highest BCUT2D eigenvalue weighted by Gasteiger charge is 2.21. The molecule has 1 aliphatic carbocycles. The summed E-state index contributed by atoms with van der Waals surface area (Å²) in [6.45, 7) is 2.16. The summed E-state index contributed by atoms with van der Waals surface area (Å²) in [5.41, 5.74) is 0.836. The molecule has 2 rings (SSSR count). The van der Waals surface area contributed by atoms with Crippen molar-refractivity contribution in [3.05, 3.63) is 29.8 Å². The lowest BCUT2D eigenvalue weighted by Crippen LogP contribution is -2.40. The summed E-state index contributed by atoms with van der Waals surface area (Å²) in [5.74, 6) is 1.51. The van der Waals surface area contributed by atoms with Crippen LogP contribution in [-0.4, -0.2) is 25.7 Å². The Hall–Kier alpha value is -2.48. The molecule has 24 heavy (non-hydrogen) atoms. The number of nitrogens with one attached hydrogen (secondary N) is 1. The number of carbonyl (C=O) groups is 1. The fourth-order valence-electron chi connectivity index (χ4n) is 2.95. The Morgan fingerprint density at radius 3 is 2.88 bits per heavy atom. The molecule has 1 amide bonds. The Bertz CT molecular complexity index is 634. The number of hydrogen-bond donors (Lipinski definition) is 1. The zero-order chi connectivity index (χ0) is 17.4. The second kappa shape index (κ2) is 8.97. The number of nitrogens with zero attached hydrogens (tertiary/aromatic N) is 1. The second-order valence-corrected chi connectivity index (χ2v) is 6.07. The van der Waals surface area contributed by atoms with Gasteiger partial charge in [-0.1, -0.05) is 25.8 Å². The molecule has 0 bridgehead atoms. The van der Waals surface area contributed by atoms with Gasteiger partial charge in [0.1, 0.15) is 6.07 Å². The number of ether oxygens (including phenoxy) is 2. The first-order valence-electron chi connectivity index (χ1n) is 8.30. The van der Waals surface area contributed by atoms with Gasteiger partial charge in [-0.05, 0) is 42.5 Å². The number of rotatable bonds is 6. The standard InChI is InChI=1S/C19H24N2O3/c1-14-5-3-4-6-16(14)21-19(22)10-8-15-7-9-17(24-12-11-20)18(13-15)23-2/h7-10,13-14,16H,3-6,12H2,1-2H3,(H,21,22)/b10-8+. The summed E-state index contributed by atoms with van der Waals surface area (Å²) < 4.78 is 10.5. The Kier molecular flexibility index (Phi) is 6.68. The van der Waals surface area contributed by atoms with E-state index < -0.39 is 0 Å². The maximum absolute atomic E-state index is 12.1. The van der Waals surface area contributed by atoms with E-state index in [0.717, 1.165) is 12.0 Å². The van der Waals surface area contributed by atoms with Crippen molar-refractivity contribution >= 4 is 12.0 Å². The van der Waals surface area contributed by atoms with Crippen LogP contribution in [0.25, 0.3) is 6.08 Å². The SMILES string of the molecule is COc1cc(/C=C/C(=O)NC2CCCCC2C)ccc1OCC#N. The first-order chi connectivity index (χ1) is 11.6. The highest BCUT2D eigenvalue weighted by Crippen LogP contribution is 2.28. The molecule has 1 fully saturated rings. The van der Waals surface area contributed by atoms with Crippen LogP contribution < -0.4 is 14.8 Å². The predicted octanol–water partition coefficient (Wildman–Crippen LogP) is 3.31. The van der Waals surface area contributed by atoms with E-state index in [9.17, 15) is 4.79 Å². The van der Waals surface area contributed by atoms with Crippen molar-refractivity contribution < 1.29 is 14.3 Å². The van der Waals surface area contributed by atoms with Gasteiger partial charge in [0.2, 0.25) is 5.91 Å². The second-order valence-electron chi connectivity index (χ2n) is 6.07. The lowest BCUT2D eigenvalue weighted by molar-refractivity contribution is -0.117. The number of methoxy groups -OCH3 is 1. The highest BCUT2D eigenvalue weighted by atomic mass is 16.5. The molecule has 0 aliphatic heterocycles. The fraction of sp³-hybridized carbons (Fsp3) is 0.474. The molecule has 5 nitrogen and oxygen atoms in total. The number of carbonyl (C=O) groups excluding carboxylic acids is 1. The molecule has 1 aliphatic rings. The minimum atomic E-state index is -0.0717. The van der Waals surface area contributed by atoms with Crippen molar-refractivity contribution in [2.45, 2.75) is 38.6 Å². The molecule has 0 saturated heterocycles. The van der Waals surface area contributed by atoms with Gasteiger partial charge in [-0.3, -0.25) is 4.79 Å². The molecule has 0 radical (unpaired) electrons. The van der Waals surface area contributed by atoms with Crippen LogP contribution in [0.3, 0.4) is 0 Å². The van der Waals surface area contributed by atoms with Crippen molar-refractivity contribution in [2.24, 2.45) is 5.92 Å². The number of nitriles is 1. The van der Waals surface area contributed by atoms with E-state index in [1.54, 1.807) is 31.4 Å². The third-order valence-electron chi connectivity index (χ3n) is 4.35. The zero-order valence-corrected chi connectivity index (χ0v) is 14.2. The van der Waals surface area contributed by atoms with Crippen LogP contribution in [0.2, 0.25) is 0 Å². The summed E-state index contributed by atoms with van der Waals surface area (Å²) in [4.78, 5) is 12.1. The molecule has 128 valence electrons. The largest absolute Gasteiger partial charge is 0.493 e. The quantitative estimate of drug-likeness (QED) is 0.813. The van der Waals surface area contributed by atoms with E-state index in [-0.39, 0.29) is 18.6 Å². The van der Waals surface area contributed by atoms with Gasteiger partial charge in [-0.15, -0.1) is 0 Å². The third kappa shape index (κ3) is 5.02. The van der Waals surface area contributed by atoms with Crippen LogP contribution in [0.15, 0.2) is 24.3 Å². The van der Waals surface area contributed by atoms with E-state index >= 15 is 0 Å². The number of hydrogen-bond acceptors (Lipinski definition) is 4. The lowest BCUT2D eigenvalue weighted by Gasteiger charge is -2.29. The summed E-state index contributed by atoms with van der Waals surface area (Å²) in [7, 11) is 1.54. The Morgan fingerprint density at radius 2 is 2.17 bits per heavy atom. The molecular weight excluding hydrogens is 304 g/mol. The molecule has 5 heteroatoms. The Labute approximate surface area is 143 Å². The maximum atomic E-state index is 12.1. The van der Waals surface area contributed by atoms with Crippen LogP contribution in [0, 0.1) is 17.2 Å². The van der Waals surface area contributed by atoms with Gasteiger partial charge < -0.3 is 14.8 Å². The lowest BCUT2D eigenvalue weighted by atomic mass is 9.86. The minimum Gasteiger partial charge on any atom is -0.493 e. The summed E-state index contributed by atoms with van der Waals surface area (Å²) in [6.07, 6.45) is 7.96. The normalized spacial score (nSPS) is 20.4. The van der Waals surface area contributed by atoms with Gasteiger partial charge >= 0.3 is 0 Å². The molecule has 1 saturated carbocycles. The summed E-state index contributed by atoms with van der Waals surface area (Å²) >= 11 is 0. The van der Waals surface area contributed by atoms with Crippen LogP contribution in [0.1, 0.15) is 38.2 Å². The molecular formula is C19H24N2O3. The summed E-state index contributed by atoms with van der Waals surface area (Å²) in [5, 5.41) is 11.7. The van der Waals surface area contributed by atoms with Crippen LogP contribution in [-0.2, 0) is 4.79 Å². The number of amides is 1. The summed E-state index contributed by atoms with van der Waals surface area (Å²) in [6, 6.07) is 7.52. The van der Waals surface area contributed by atoms with Crippen molar-refractivity contribution in [1.82, 2.24) is 5.32 Å². The highest BCUT2D eigenvalue weighted by molar-refractivity contribution is 5.92. The van der Waals surface area contributed by atoms with Crippen molar-refractivity contribution in [2.75, 3.05) is 13.7 Å². The van der Waals surface area contributed by atoms with Gasteiger partial charge in [-0.25, -0.2) is 0 Å². The molecule has 0 heterocycles. The molecule has 1 aromatic carbocycles. The van der Waals surface area contributed by atoms with Crippen LogP contribution >= 0.6 is 0 Å². The molecule has 2 atom stereocenters. The third-order valence-corrected chi connectivity index (χ3v) is 4.35. The average molecular weight is 328 g/mol. The van der Waals surface area contributed by atoms with E-state index in [2.05, 4.69) is 12.2 Å². The fourth-order valence-corrected chi connectivity index (χ4v) is 2.95. The van der Waals surface area contributed by atoms with Crippen LogP contribution in [0.4, 0.5) is 0 Å². The Morgan fingerprint density at radius 1 is 1.38 bits per heavy atom. The van der Waals surface area contributed by atoms with Gasteiger partial charge in [0.15, 0.2) is 18.1 Å². The van der Waals surface area contributed by atoms with E-state index in [0.29, 0.717) is 17.4 Å². The molecule has 1 N–H and O–H groups in total. The van der Waals surface area contributed by atoms with Crippen LogP contribution in [0.5, 0.6) is 11.5 Å². The average Bonchev–Trinajstić information content (AvgIpc) is 2.60. The number of benzene rings is 1.